The van der Waals surface area contributed by atoms with E-state index in [0.29, 0.717) is 22.4 Å². The minimum absolute atomic E-state index is 0.0141. The summed E-state index contributed by atoms with van der Waals surface area (Å²) < 4.78 is 52.6. The molecule has 37 heavy (non-hydrogen) atoms. The third kappa shape index (κ3) is 6.18. The second-order valence-corrected chi connectivity index (χ2v) is 15.9. The van der Waals surface area contributed by atoms with E-state index in [2.05, 4.69) is 10.2 Å². The number of hydrogen-bond acceptors (Lipinski definition) is 6. The van der Waals surface area contributed by atoms with Crippen LogP contribution < -0.4 is 10.2 Å². The van der Waals surface area contributed by atoms with Crippen LogP contribution in [0.1, 0.15) is 56.8 Å². The first kappa shape index (κ1) is 27.6. The van der Waals surface area contributed by atoms with E-state index in [1.54, 1.807) is 24.3 Å². The Balaban J connectivity index is 1.65. The van der Waals surface area contributed by atoms with E-state index in [1.807, 2.05) is 20.8 Å². The summed E-state index contributed by atoms with van der Waals surface area (Å²) in [4.78, 5) is 15.8. The van der Waals surface area contributed by atoms with Crippen molar-refractivity contribution in [3.8, 4) is 0 Å². The number of piperidine rings is 1. The fourth-order valence-corrected chi connectivity index (χ4v) is 7.68. The standard InChI is InChI=1S/C27H37N3O5S2/c1-26(2,3)19-36(32,33)21-8-6-7-20(17-21)28-25(31)23-10-9-22(37(34,35)29(4)5)18-24(23)30-15-13-27(11-12-27)14-16-30/h6-10,17-18H,11-16,19H2,1-5H3,(H,28,31). The number of nitrogens with zero attached hydrogens (tertiary/aromatic N) is 2. The zero-order valence-corrected chi connectivity index (χ0v) is 23.9. The second-order valence-electron chi connectivity index (χ2n) is 11.8. The van der Waals surface area contributed by atoms with Crippen molar-refractivity contribution in [2.75, 3.05) is 43.2 Å². The van der Waals surface area contributed by atoms with Crippen LogP contribution in [0.15, 0.2) is 52.3 Å². The van der Waals surface area contributed by atoms with Gasteiger partial charge in [-0.3, -0.25) is 4.79 Å². The van der Waals surface area contributed by atoms with Crippen LogP contribution in [0.4, 0.5) is 11.4 Å². The number of carbonyl (C=O) groups excluding carboxylic acids is 1. The van der Waals surface area contributed by atoms with Gasteiger partial charge in [-0.1, -0.05) is 26.8 Å². The van der Waals surface area contributed by atoms with Gasteiger partial charge in [-0.25, -0.2) is 21.1 Å². The van der Waals surface area contributed by atoms with Crippen molar-refractivity contribution in [1.82, 2.24) is 4.31 Å². The molecule has 8 nitrogen and oxygen atoms in total. The number of amides is 1. The van der Waals surface area contributed by atoms with Gasteiger partial charge in [-0.15, -0.1) is 0 Å². The SMILES string of the molecule is CN(C)S(=O)(=O)c1ccc(C(=O)Nc2cccc(S(=O)(=O)CC(C)(C)C)c2)c(N2CCC3(CC2)CC3)c1. The molecule has 2 fully saturated rings. The highest BCUT2D eigenvalue weighted by atomic mass is 32.2. The van der Waals surface area contributed by atoms with Gasteiger partial charge in [0.05, 0.1) is 26.8 Å². The lowest BCUT2D eigenvalue weighted by atomic mass is 9.93. The van der Waals surface area contributed by atoms with Crippen molar-refractivity contribution in [2.45, 2.75) is 56.2 Å². The fraction of sp³-hybridized carbons (Fsp3) is 0.519. The average molecular weight is 548 g/mol. The Morgan fingerprint density at radius 3 is 2.16 bits per heavy atom. The van der Waals surface area contributed by atoms with Crippen molar-refractivity contribution in [1.29, 1.82) is 0 Å². The highest BCUT2D eigenvalue weighted by Crippen LogP contribution is 2.54. The van der Waals surface area contributed by atoms with E-state index in [1.165, 1.54) is 45.1 Å². The van der Waals surface area contributed by atoms with Crippen molar-refractivity contribution < 1.29 is 21.6 Å². The summed E-state index contributed by atoms with van der Waals surface area (Å²) >= 11 is 0. The molecule has 1 spiro atoms. The molecular formula is C27H37N3O5S2. The Kier molecular flexibility index (Phi) is 7.24. The molecule has 202 valence electrons. The Morgan fingerprint density at radius 1 is 0.946 bits per heavy atom. The monoisotopic (exact) mass is 547 g/mol. The maximum Gasteiger partial charge on any atom is 0.257 e. The van der Waals surface area contributed by atoms with E-state index < -0.39 is 31.2 Å². The van der Waals surface area contributed by atoms with Crippen LogP contribution in [0.2, 0.25) is 0 Å². The zero-order chi connectivity index (χ0) is 27.2. The molecule has 0 atom stereocenters. The molecule has 1 amide bonds. The molecule has 0 aromatic heterocycles. The maximum atomic E-state index is 13.5. The number of hydrogen-bond donors (Lipinski definition) is 1. The van der Waals surface area contributed by atoms with Gasteiger partial charge in [-0.2, -0.15) is 0 Å². The van der Waals surface area contributed by atoms with Crippen molar-refractivity contribution in [3.05, 3.63) is 48.0 Å². The van der Waals surface area contributed by atoms with E-state index in [9.17, 15) is 21.6 Å². The lowest BCUT2D eigenvalue weighted by Gasteiger charge is -2.35. The van der Waals surface area contributed by atoms with Crippen LogP contribution in [0.5, 0.6) is 0 Å². The minimum Gasteiger partial charge on any atom is -0.371 e. The molecular weight excluding hydrogens is 510 g/mol. The number of carbonyl (C=O) groups is 1. The van der Waals surface area contributed by atoms with Gasteiger partial charge in [-0.05, 0) is 72.9 Å². The first-order valence-corrected chi connectivity index (χ1v) is 15.7. The fourth-order valence-electron chi connectivity index (χ4n) is 4.85. The molecule has 1 heterocycles. The average Bonchev–Trinajstić information content (AvgIpc) is 3.56. The van der Waals surface area contributed by atoms with Gasteiger partial charge >= 0.3 is 0 Å². The Bertz CT molecular complexity index is 1400. The van der Waals surface area contributed by atoms with Gasteiger partial charge in [0.1, 0.15) is 0 Å². The number of sulfonamides is 1. The van der Waals surface area contributed by atoms with Gasteiger partial charge in [0.25, 0.3) is 5.91 Å². The Morgan fingerprint density at radius 2 is 1.59 bits per heavy atom. The van der Waals surface area contributed by atoms with Crippen molar-refractivity contribution in [2.24, 2.45) is 10.8 Å². The van der Waals surface area contributed by atoms with Gasteiger partial charge in [0.2, 0.25) is 10.0 Å². The number of benzene rings is 2. The summed E-state index contributed by atoms with van der Waals surface area (Å²) in [6.45, 7) is 7.11. The summed E-state index contributed by atoms with van der Waals surface area (Å²) in [6, 6.07) is 10.8. The van der Waals surface area contributed by atoms with Crippen molar-refractivity contribution >= 4 is 37.1 Å². The molecule has 0 unspecified atom stereocenters. The first-order chi connectivity index (χ1) is 17.1. The lowest BCUT2D eigenvalue weighted by molar-refractivity contribution is 0.102. The molecule has 10 heteroatoms. The largest absolute Gasteiger partial charge is 0.371 e. The third-order valence-corrected chi connectivity index (χ3v) is 11.2. The summed E-state index contributed by atoms with van der Waals surface area (Å²) in [7, 11) is -4.25. The van der Waals surface area contributed by atoms with Crippen molar-refractivity contribution in [3.63, 3.8) is 0 Å². The number of rotatable bonds is 7. The molecule has 1 N–H and O–H groups in total. The second kappa shape index (κ2) is 9.71. The number of anilines is 2. The maximum absolute atomic E-state index is 13.5. The highest BCUT2D eigenvalue weighted by Gasteiger charge is 2.44. The van der Waals surface area contributed by atoms with E-state index in [4.69, 9.17) is 0 Å². The summed E-state index contributed by atoms with van der Waals surface area (Å²) in [6.07, 6.45) is 4.51. The van der Waals surface area contributed by atoms with E-state index in [-0.39, 0.29) is 15.5 Å². The first-order valence-electron chi connectivity index (χ1n) is 12.6. The molecule has 0 radical (unpaired) electrons. The Hall–Kier alpha value is -2.43. The van der Waals surface area contributed by atoms with Crippen LogP contribution in [0.25, 0.3) is 0 Å². The zero-order valence-electron chi connectivity index (χ0n) is 22.2. The predicted molar refractivity (Wildman–Crippen MR) is 146 cm³/mol. The quantitative estimate of drug-likeness (QED) is 0.552. The van der Waals surface area contributed by atoms with Gasteiger partial charge in [0.15, 0.2) is 9.84 Å². The van der Waals surface area contributed by atoms with Crippen LogP contribution in [0, 0.1) is 10.8 Å². The molecule has 1 saturated carbocycles. The van der Waals surface area contributed by atoms with E-state index >= 15 is 0 Å². The molecule has 4 rings (SSSR count). The topological polar surface area (TPSA) is 104 Å². The summed E-state index contributed by atoms with van der Waals surface area (Å²) in [5, 5.41) is 2.83. The Labute approximate surface area is 221 Å². The molecule has 1 aliphatic carbocycles. The summed E-state index contributed by atoms with van der Waals surface area (Å²) in [5.41, 5.74) is 1.31. The molecule has 2 aromatic carbocycles. The smallest absolute Gasteiger partial charge is 0.257 e. The minimum atomic E-state index is -3.68. The molecule has 1 aliphatic heterocycles. The molecule has 0 bridgehead atoms. The van der Waals surface area contributed by atoms with Crippen LogP contribution in [-0.4, -0.2) is 60.0 Å². The molecule has 2 aromatic rings. The van der Waals surface area contributed by atoms with Crippen LogP contribution in [0.3, 0.4) is 0 Å². The number of nitrogens with one attached hydrogen (secondary N) is 1. The van der Waals surface area contributed by atoms with Crippen LogP contribution in [-0.2, 0) is 19.9 Å². The van der Waals surface area contributed by atoms with Crippen LogP contribution >= 0.6 is 0 Å². The normalized spacial score (nSPS) is 17.7. The molecule has 1 saturated heterocycles. The van der Waals surface area contributed by atoms with Gasteiger partial charge in [0, 0.05) is 32.9 Å². The lowest BCUT2D eigenvalue weighted by Crippen LogP contribution is -2.36. The van der Waals surface area contributed by atoms with Gasteiger partial charge < -0.3 is 10.2 Å². The molecule has 2 aliphatic rings. The summed E-state index contributed by atoms with van der Waals surface area (Å²) in [5.74, 6) is -0.430. The highest BCUT2D eigenvalue weighted by molar-refractivity contribution is 7.91. The van der Waals surface area contributed by atoms with E-state index in [0.717, 1.165) is 30.2 Å². The predicted octanol–water partition coefficient (Wildman–Crippen LogP) is 4.39. The third-order valence-electron chi connectivity index (χ3n) is 7.19. The number of sulfone groups is 1.